The SMILES string of the molecule is FC(F)(F)COc1cc2scnc2cc1Cl. The van der Waals surface area contributed by atoms with Crippen LogP contribution < -0.4 is 4.74 Å². The summed E-state index contributed by atoms with van der Waals surface area (Å²) in [5.74, 6) is 0.0238. The van der Waals surface area contributed by atoms with E-state index in [0.29, 0.717) is 5.52 Å². The number of nitrogens with zero attached hydrogens (tertiary/aromatic N) is 1. The van der Waals surface area contributed by atoms with E-state index in [4.69, 9.17) is 11.6 Å². The van der Waals surface area contributed by atoms with Gasteiger partial charge < -0.3 is 4.74 Å². The van der Waals surface area contributed by atoms with Crippen molar-refractivity contribution in [2.24, 2.45) is 0 Å². The second-order valence-corrected chi connectivity index (χ2v) is 4.30. The average molecular weight is 268 g/mol. The van der Waals surface area contributed by atoms with Crippen molar-refractivity contribution in [3.63, 3.8) is 0 Å². The fourth-order valence-electron chi connectivity index (χ4n) is 1.13. The van der Waals surface area contributed by atoms with E-state index >= 15 is 0 Å². The fraction of sp³-hybridized carbons (Fsp3) is 0.222. The van der Waals surface area contributed by atoms with Crippen LogP contribution in [0.3, 0.4) is 0 Å². The van der Waals surface area contributed by atoms with Gasteiger partial charge in [-0.15, -0.1) is 11.3 Å². The van der Waals surface area contributed by atoms with Crippen LogP contribution in [0, 0.1) is 0 Å². The van der Waals surface area contributed by atoms with Gasteiger partial charge in [-0.05, 0) is 6.07 Å². The molecule has 0 saturated heterocycles. The summed E-state index contributed by atoms with van der Waals surface area (Å²) in [6.07, 6.45) is -4.37. The van der Waals surface area contributed by atoms with E-state index in [2.05, 4.69) is 9.72 Å². The predicted octanol–water partition coefficient (Wildman–Crippen LogP) is 3.89. The van der Waals surface area contributed by atoms with Gasteiger partial charge >= 0.3 is 6.18 Å². The smallest absolute Gasteiger partial charge is 0.422 e. The van der Waals surface area contributed by atoms with Crippen LogP contribution in [0.1, 0.15) is 0 Å². The summed E-state index contributed by atoms with van der Waals surface area (Å²) >= 11 is 7.07. The van der Waals surface area contributed by atoms with Gasteiger partial charge in [-0.2, -0.15) is 13.2 Å². The molecule has 0 N–H and O–H groups in total. The van der Waals surface area contributed by atoms with Gasteiger partial charge in [0.25, 0.3) is 0 Å². The van der Waals surface area contributed by atoms with Gasteiger partial charge in [0.15, 0.2) is 6.61 Å². The Labute approximate surface area is 97.6 Å². The van der Waals surface area contributed by atoms with Gasteiger partial charge in [0.05, 0.1) is 20.7 Å². The van der Waals surface area contributed by atoms with Crippen molar-refractivity contribution in [1.29, 1.82) is 0 Å². The number of hydrogen-bond acceptors (Lipinski definition) is 3. The molecule has 86 valence electrons. The average Bonchev–Trinajstić information content (AvgIpc) is 2.59. The number of hydrogen-bond donors (Lipinski definition) is 0. The van der Waals surface area contributed by atoms with Gasteiger partial charge in [0, 0.05) is 6.07 Å². The molecule has 2 nitrogen and oxygen atoms in total. The highest BCUT2D eigenvalue weighted by Gasteiger charge is 2.28. The topological polar surface area (TPSA) is 22.1 Å². The summed E-state index contributed by atoms with van der Waals surface area (Å²) in [6, 6.07) is 2.94. The Hall–Kier alpha value is -1.01. The molecule has 0 amide bonds. The summed E-state index contributed by atoms with van der Waals surface area (Å²) in [5, 5.41) is 0.127. The Morgan fingerprint density at radius 2 is 2.12 bits per heavy atom. The largest absolute Gasteiger partial charge is 0.483 e. The van der Waals surface area contributed by atoms with E-state index in [1.807, 2.05) is 0 Å². The van der Waals surface area contributed by atoms with Crippen LogP contribution in [0.15, 0.2) is 17.6 Å². The molecule has 16 heavy (non-hydrogen) atoms. The van der Waals surface area contributed by atoms with E-state index in [1.54, 1.807) is 5.51 Å². The molecule has 0 fully saturated rings. The minimum atomic E-state index is -4.37. The molecular weight excluding hydrogens is 263 g/mol. The van der Waals surface area contributed by atoms with Crippen LogP contribution in [-0.4, -0.2) is 17.8 Å². The monoisotopic (exact) mass is 267 g/mol. The zero-order valence-corrected chi connectivity index (χ0v) is 9.29. The lowest BCUT2D eigenvalue weighted by molar-refractivity contribution is -0.153. The Bertz CT molecular complexity index is 511. The van der Waals surface area contributed by atoms with E-state index in [0.717, 1.165) is 4.70 Å². The highest BCUT2D eigenvalue weighted by Crippen LogP contribution is 2.32. The van der Waals surface area contributed by atoms with Gasteiger partial charge in [-0.1, -0.05) is 11.6 Å². The van der Waals surface area contributed by atoms with Crippen LogP contribution in [0.25, 0.3) is 10.2 Å². The van der Waals surface area contributed by atoms with E-state index in [9.17, 15) is 13.2 Å². The third kappa shape index (κ3) is 2.56. The predicted molar refractivity (Wildman–Crippen MR) is 56.2 cm³/mol. The van der Waals surface area contributed by atoms with Crippen LogP contribution >= 0.6 is 22.9 Å². The maximum atomic E-state index is 11.9. The van der Waals surface area contributed by atoms with Crippen LogP contribution in [0.5, 0.6) is 5.75 Å². The fourth-order valence-corrected chi connectivity index (χ4v) is 2.03. The van der Waals surface area contributed by atoms with Crippen molar-refractivity contribution in [1.82, 2.24) is 4.98 Å². The van der Waals surface area contributed by atoms with Crippen LogP contribution in [-0.2, 0) is 0 Å². The Kier molecular flexibility index (Phi) is 2.94. The second-order valence-electron chi connectivity index (χ2n) is 3.01. The minimum Gasteiger partial charge on any atom is -0.483 e. The van der Waals surface area contributed by atoms with Crippen LogP contribution in [0.2, 0.25) is 5.02 Å². The van der Waals surface area contributed by atoms with E-state index in [-0.39, 0.29) is 10.8 Å². The molecule has 1 aromatic heterocycles. The van der Waals surface area contributed by atoms with Gasteiger partial charge in [-0.3, -0.25) is 0 Å². The standard InChI is InChI=1S/C9H5ClF3NOS/c10-5-1-6-8(16-4-14-6)2-7(5)15-3-9(11,12)13/h1-2,4H,3H2. The molecule has 1 aromatic carbocycles. The molecule has 0 atom stereocenters. The lowest BCUT2D eigenvalue weighted by atomic mass is 10.3. The summed E-state index contributed by atoms with van der Waals surface area (Å²) in [4.78, 5) is 3.99. The third-order valence-corrected chi connectivity index (χ3v) is 2.86. The molecule has 0 radical (unpaired) electrons. The molecule has 0 bridgehead atoms. The third-order valence-electron chi connectivity index (χ3n) is 1.78. The van der Waals surface area contributed by atoms with Crippen molar-refractivity contribution in [2.45, 2.75) is 6.18 Å². The molecule has 2 rings (SSSR count). The Balaban J connectivity index is 2.26. The normalized spacial score (nSPS) is 12.0. The van der Waals surface area contributed by atoms with Crippen molar-refractivity contribution in [3.05, 3.63) is 22.7 Å². The molecule has 1 heterocycles. The molecule has 0 saturated carbocycles. The van der Waals surface area contributed by atoms with E-state index in [1.165, 1.54) is 23.5 Å². The molecule has 7 heteroatoms. The first kappa shape index (κ1) is 11.5. The van der Waals surface area contributed by atoms with Crippen LogP contribution in [0.4, 0.5) is 13.2 Å². The minimum absolute atomic E-state index is 0.0238. The number of rotatable bonds is 2. The molecular formula is C9H5ClF3NOS. The first-order valence-corrected chi connectivity index (χ1v) is 5.44. The number of thiazole rings is 1. The summed E-state index contributed by atoms with van der Waals surface area (Å²) in [6.45, 7) is -1.35. The zero-order chi connectivity index (χ0) is 11.8. The number of alkyl halides is 3. The highest BCUT2D eigenvalue weighted by molar-refractivity contribution is 7.16. The lowest BCUT2D eigenvalue weighted by Crippen LogP contribution is -2.19. The molecule has 0 aliphatic heterocycles. The second kappa shape index (κ2) is 4.10. The maximum Gasteiger partial charge on any atom is 0.422 e. The van der Waals surface area contributed by atoms with Crippen molar-refractivity contribution in [2.75, 3.05) is 6.61 Å². The lowest BCUT2D eigenvalue weighted by Gasteiger charge is -2.10. The summed E-state index contributed by atoms with van der Waals surface area (Å²) < 4.78 is 41.2. The quantitative estimate of drug-likeness (QED) is 0.823. The number of aromatic nitrogens is 1. The maximum absolute atomic E-state index is 11.9. The van der Waals surface area contributed by atoms with Gasteiger partial charge in [0.1, 0.15) is 5.75 Å². The van der Waals surface area contributed by atoms with Crippen molar-refractivity contribution in [3.8, 4) is 5.75 Å². The molecule has 0 spiro atoms. The molecule has 2 aromatic rings. The summed E-state index contributed by atoms with van der Waals surface area (Å²) in [5.41, 5.74) is 2.24. The first-order chi connectivity index (χ1) is 7.46. The Morgan fingerprint density at radius 3 is 2.81 bits per heavy atom. The molecule has 0 aliphatic rings. The molecule has 0 aliphatic carbocycles. The number of ether oxygens (including phenoxy) is 1. The number of fused-ring (bicyclic) bond motifs is 1. The highest BCUT2D eigenvalue weighted by atomic mass is 35.5. The van der Waals surface area contributed by atoms with E-state index < -0.39 is 12.8 Å². The zero-order valence-electron chi connectivity index (χ0n) is 7.71. The van der Waals surface area contributed by atoms with Crippen molar-refractivity contribution < 1.29 is 17.9 Å². The first-order valence-electron chi connectivity index (χ1n) is 4.18. The summed E-state index contributed by atoms with van der Waals surface area (Å²) in [7, 11) is 0. The van der Waals surface area contributed by atoms with Crippen molar-refractivity contribution >= 4 is 33.2 Å². The number of halogens is 4. The Morgan fingerprint density at radius 1 is 1.38 bits per heavy atom. The van der Waals surface area contributed by atoms with Gasteiger partial charge in [-0.25, -0.2) is 4.98 Å². The number of benzene rings is 1. The van der Waals surface area contributed by atoms with Gasteiger partial charge in [0.2, 0.25) is 0 Å². The molecule has 0 unspecified atom stereocenters.